The molecule has 0 radical (unpaired) electrons. The topological polar surface area (TPSA) is 114 Å². The number of rotatable bonds is 11. The lowest BCUT2D eigenvalue weighted by molar-refractivity contribution is -0.168. The van der Waals surface area contributed by atoms with Crippen molar-refractivity contribution in [2.24, 2.45) is 0 Å². The highest BCUT2D eigenvalue weighted by molar-refractivity contribution is 5.99. The zero-order valence-electron chi connectivity index (χ0n) is 28.0. The Labute approximate surface area is 287 Å². The number of halogens is 3. The van der Waals surface area contributed by atoms with Crippen molar-refractivity contribution < 1.29 is 46.6 Å². The van der Waals surface area contributed by atoms with Gasteiger partial charge in [-0.05, 0) is 50.1 Å². The van der Waals surface area contributed by atoms with Crippen LogP contribution in [-0.4, -0.2) is 71.1 Å². The number of nitrogens with one attached hydrogen (secondary N) is 1. The van der Waals surface area contributed by atoms with Crippen LogP contribution in [0.4, 0.5) is 18.0 Å². The second-order valence-corrected chi connectivity index (χ2v) is 12.9. The summed E-state index contributed by atoms with van der Waals surface area (Å²) in [7, 11) is 1.50. The smallest absolute Gasteiger partial charge is 0.416 e. The van der Waals surface area contributed by atoms with Crippen LogP contribution in [0, 0.1) is 0 Å². The van der Waals surface area contributed by atoms with Crippen LogP contribution in [0.1, 0.15) is 55.5 Å². The number of cyclic esters (lactones) is 1. The Morgan fingerprint density at radius 1 is 1.00 bits per heavy atom. The van der Waals surface area contributed by atoms with Crippen molar-refractivity contribution in [2.45, 2.75) is 69.7 Å². The molecular weight excluding hydrogens is 655 g/mol. The SMILES string of the molecule is COc1ccccc1C=C[C@@H]1[C@H](N2C(=O)OC[C@@H]2c2ccccc2)C(=O)N1[C@H](CC(=O)OC(C)(C)C)C(=O)NCc1cccc(C(F)(F)F)c1. The number of hydrogen-bond acceptors (Lipinski definition) is 7. The summed E-state index contributed by atoms with van der Waals surface area (Å²) in [5.41, 5.74) is -0.253. The van der Waals surface area contributed by atoms with Crippen LogP contribution in [0.15, 0.2) is 84.9 Å². The highest BCUT2D eigenvalue weighted by Crippen LogP contribution is 2.39. The lowest BCUT2D eigenvalue weighted by Gasteiger charge is -2.52. The molecule has 3 amide bonds. The van der Waals surface area contributed by atoms with Crippen LogP contribution in [-0.2, 0) is 36.6 Å². The van der Waals surface area contributed by atoms with Gasteiger partial charge in [0.1, 0.15) is 30.0 Å². The molecule has 0 spiro atoms. The van der Waals surface area contributed by atoms with Gasteiger partial charge in [-0.3, -0.25) is 19.3 Å². The summed E-state index contributed by atoms with van der Waals surface area (Å²) in [6.07, 6.45) is -2.52. The molecule has 0 aromatic heterocycles. The van der Waals surface area contributed by atoms with Crippen LogP contribution in [0.25, 0.3) is 6.08 Å². The molecule has 2 fully saturated rings. The number of hydrogen-bond donors (Lipinski definition) is 1. The molecule has 2 aliphatic heterocycles. The first-order chi connectivity index (χ1) is 23.7. The van der Waals surface area contributed by atoms with Crippen LogP contribution < -0.4 is 10.1 Å². The molecule has 2 saturated heterocycles. The maximum atomic E-state index is 14.2. The fourth-order valence-electron chi connectivity index (χ4n) is 6.06. The van der Waals surface area contributed by atoms with Crippen molar-refractivity contribution in [2.75, 3.05) is 13.7 Å². The Morgan fingerprint density at radius 2 is 1.70 bits per heavy atom. The third kappa shape index (κ3) is 8.10. The summed E-state index contributed by atoms with van der Waals surface area (Å²) in [4.78, 5) is 57.0. The van der Waals surface area contributed by atoms with Gasteiger partial charge in [0, 0.05) is 12.1 Å². The third-order valence-corrected chi connectivity index (χ3v) is 8.30. The average molecular weight is 694 g/mol. The Bertz CT molecular complexity index is 1760. The number of ether oxygens (including phenoxy) is 3. The minimum atomic E-state index is -4.59. The van der Waals surface area contributed by atoms with Gasteiger partial charge in [0.25, 0.3) is 0 Å². The molecule has 3 aromatic carbocycles. The number of esters is 1. The van der Waals surface area contributed by atoms with Gasteiger partial charge in [-0.1, -0.05) is 72.8 Å². The van der Waals surface area contributed by atoms with Crippen molar-refractivity contribution in [3.63, 3.8) is 0 Å². The molecule has 10 nitrogen and oxygen atoms in total. The molecule has 0 bridgehead atoms. The van der Waals surface area contributed by atoms with E-state index in [-0.39, 0.29) is 18.7 Å². The van der Waals surface area contributed by atoms with E-state index in [1.165, 1.54) is 29.0 Å². The fourth-order valence-corrected chi connectivity index (χ4v) is 6.06. The number of carbonyl (C=O) groups excluding carboxylic acids is 4. The number of alkyl halides is 3. The first-order valence-electron chi connectivity index (χ1n) is 16.0. The van der Waals surface area contributed by atoms with E-state index in [1.54, 1.807) is 69.3 Å². The maximum absolute atomic E-state index is 14.2. The minimum absolute atomic E-state index is 0.00557. The van der Waals surface area contributed by atoms with Gasteiger partial charge in [-0.2, -0.15) is 13.2 Å². The average Bonchev–Trinajstić information content (AvgIpc) is 3.44. The predicted molar refractivity (Wildman–Crippen MR) is 176 cm³/mol. The van der Waals surface area contributed by atoms with E-state index < -0.39 is 71.8 Å². The third-order valence-electron chi connectivity index (χ3n) is 8.30. The number of methoxy groups -OCH3 is 1. The molecule has 2 aliphatic rings. The Kier molecular flexibility index (Phi) is 10.5. The summed E-state index contributed by atoms with van der Waals surface area (Å²) in [5.74, 6) is -1.66. The van der Waals surface area contributed by atoms with E-state index in [0.717, 1.165) is 17.7 Å². The van der Waals surface area contributed by atoms with E-state index in [1.807, 2.05) is 18.2 Å². The Hall–Kier alpha value is -5.33. The lowest BCUT2D eigenvalue weighted by atomic mass is 9.87. The first kappa shape index (κ1) is 36.0. The van der Waals surface area contributed by atoms with Crippen molar-refractivity contribution in [1.82, 2.24) is 15.1 Å². The summed E-state index contributed by atoms with van der Waals surface area (Å²) in [6.45, 7) is 4.64. The molecular formula is C37H38F3N3O7. The normalized spacial score (nSPS) is 19.9. The van der Waals surface area contributed by atoms with Gasteiger partial charge in [0.2, 0.25) is 11.8 Å². The van der Waals surface area contributed by atoms with Gasteiger partial charge >= 0.3 is 18.2 Å². The van der Waals surface area contributed by atoms with Crippen molar-refractivity contribution >= 4 is 30.0 Å². The molecule has 3 aromatic rings. The van der Waals surface area contributed by atoms with Gasteiger partial charge < -0.3 is 24.4 Å². The van der Waals surface area contributed by atoms with Gasteiger partial charge in [-0.25, -0.2) is 4.79 Å². The summed E-state index contributed by atoms with van der Waals surface area (Å²) in [6, 6.07) is 16.5. The van der Waals surface area contributed by atoms with E-state index in [0.29, 0.717) is 11.3 Å². The number of carbonyl (C=O) groups is 4. The molecule has 0 saturated carbocycles. The number of benzene rings is 3. The molecule has 264 valence electrons. The monoisotopic (exact) mass is 693 g/mol. The van der Waals surface area contributed by atoms with Crippen LogP contribution in [0.3, 0.4) is 0 Å². The zero-order valence-corrected chi connectivity index (χ0v) is 28.0. The minimum Gasteiger partial charge on any atom is -0.496 e. The van der Waals surface area contributed by atoms with Gasteiger partial charge in [0.15, 0.2) is 0 Å². The quantitative estimate of drug-likeness (QED) is 0.196. The molecule has 13 heteroatoms. The molecule has 50 heavy (non-hydrogen) atoms. The fraction of sp³-hybridized carbons (Fsp3) is 0.351. The number of para-hydroxylation sites is 1. The van der Waals surface area contributed by atoms with Gasteiger partial charge in [-0.15, -0.1) is 0 Å². The molecule has 5 rings (SSSR count). The largest absolute Gasteiger partial charge is 0.496 e. The maximum Gasteiger partial charge on any atom is 0.416 e. The second kappa shape index (κ2) is 14.7. The van der Waals surface area contributed by atoms with E-state index >= 15 is 0 Å². The molecule has 4 atom stereocenters. The second-order valence-electron chi connectivity index (χ2n) is 12.9. The zero-order chi connectivity index (χ0) is 36.2. The van der Waals surface area contributed by atoms with E-state index in [9.17, 15) is 32.3 Å². The summed E-state index contributed by atoms with van der Waals surface area (Å²) >= 11 is 0. The molecule has 0 unspecified atom stereocenters. The lowest BCUT2D eigenvalue weighted by Crippen LogP contribution is -2.74. The van der Waals surface area contributed by atoms with Crippen molar-refractivity contribution in [1.29, 1.82) is 0 Å². The highest BCUT2D eigenvalue weighted by Gasteiger charge is 2.58. The predicted octanol–water partition coefficient (Wildman–Crippen LogP) is 5.92. The number of amides is 3. The highest BCUT2D eigenvalue weighted by atomic mass is 19.4. The van der Waals surface area contributed by atoms with Crippen LogP contribution >= 0.6 is 0 Å². The van der Waals surface area contributed by atoms with Crippen LogP contribution in [0.5, 0.6) is 5.75 Å². The first-order valence-corrected chi connectivity index (χ1v) is 16.0. The molecule has 2 heterocycles. The number of β-lactam (4-membered cyclic amide) rings is 1. The Morgan fingerprint density at radius 3 is 2.38 bits per heavy atom. The summed E-state index contributed by atoms with van der Waals surface area (Å²) in [5, 5.41) is 2.60. The number of likely N-dealkylation sites (tertiary alicyclic amines) is 1. The van der Waals surface area contributed by atoms with E-state index in [4.69, 9.17) is 14.2 Å². The molecule has 0 aliphatic carbocycles. The van der Waals surface area contributed by atoms with E-state index in [2.05, 4.69) is 5.32 Å². The summed E-state index contributed by atoms with van der Waals surface area (Å²) < 4.78 is 56.4. The number of nitrogens with zero attached hydrogens (tertiary/aromatic N) is 2. The van der Waals surface area contributed by atoms with Crippen molar-refractivity contribution in [3.8, 4) is 5.75 Å². The Balaban J connectivity index is 1.51. The standard InChI is InChI=1S/C37H38F3N3O7/c1-36(2,3)50-31(44)20-28(33(45)41-21-23-11-10-15-26(19-23)37(38,39)40)42-27(18-17-25-14-8-9-16-30(25)48-4)32(34(42)46)43-29(22-49-35(43)47)24-12-6-5-7-13-24/h5-19,27-29,32H,20-22H2,1-4H3,(H,41,45)/t27-,28-,29-,32+/m1/s1. The van der Waals surface area contributed by atoms with Gasteiger partial charge in [0.05, 0.1) is 31.2 Å². The van der Waals surface area contributed by atoms with Crippen molar-refractivity contribution in [3.05, 3.63) is 107 Å². The molecule has 1 N–H and O–H groups in total. The van der Waals surface area contributed by atoms with Crippen LogP contribution in [0.2, 0.25) is 0 Å².